The predicted molar refractivity (Wildman–Crippen MR) is 372 cm³/mol. The Kier molecular flexibility index (Phi) is 63.7. The molecule has 2 unspecified atom stereocenters. The second kappa shape index (κ2) is 65.0. The van der Waals surface area contributed by atoms with Gasteiger partial charge < -0.3 is 33.8 Å². The van der Waals surface area contributed by atoms with Crippen molar-refractivity contribution in [1.82, 2.24) is 0 Å². The van der Waals surface area contributed by atoms with Crippen LogP contribution in [0.15, 0.2) is 0 Å². The molecule has 0 rings (SSSR count). The summed E-state index contributed by atoms with van der Waals surface area (Å²) >= 11 is 0. The summed E-state index contributed by atoms with van der Waals surface area (Å²) in [6.45, 7) is 9.52. The largest absolute Gasteiger partial charge is 0.472 e. The van der Waals surface area contributed by atoms with Crippen molar-refractivity contribution in [3.05, 3.63) is 0 Å². The van der Waals surface area contributed by atoms with Gasteiger partial charge in [-0.15, -0.1) is 0 Å². The molecular weight excluding hydrogens is 1210 g/mol. The molecule has 0 aliphatic heterocycles. The number of ether oxygens (including phenoxy) is 4. The van der Waals surface area contributed by atoms with E-state index >= 15 is 0 Å². The molecule has 5 atom stereocenters. The van der Waals surface area contributed by atoms with Crippen LogP contribution in [0.5, 0.6) is 0 Å². The number of phosphoric ester groups is 2. The normalized spacial score (nSPS) is 14.1. The fraction of sp³-hybridized carbons (Fsp3) is 0.945. The Morgan fingerprint density at radius 3 is 0.739 bits per heavy atom. The lowest BCUT2D eigenvalue weighted by Gasteiger charge is -2.21. The standard InChI is InChI=1S/C73H142O17P2/c1-7-9-11-13-15-17-19-20-21-22-23-24-25-26-32-39-45-51-57-72(77)89-68(62-84-71(76)56-50-44-38-33-27-29-35-41-47-53-65(3)4)63-87-91(79,80)85-59-67(74)60-86-92(81,82)88-64-69(61-83-70(75)55-49-43-37-31-18-16-14-12-10-8-2)90-73(78)58-52-46-40-34-28-30-36-42-48-54-66(5)6/h65-69,74H,7-64H2,1-6H3,(H,79,80)(H,81,82)/t67-,68-,69-/m1/s1. The van der Waals surface area contributed by atoms with Gasteiger partial charge in [0.1, 0.15) is 19.3 Å². The second-order valence-corrected chi connectivity index (χ2v) is 30.2. The Bertz CT molecular complexity index is 1790. The van der Waals surface area contributed by atoms with Crippen molar-refractivity contribution < 1.29 is 80.2 Å². The van der Waals surface area contributed by atoms with E-state index in [1.165, 1.54) is 193 Å². The predicted octanol–water partition coefficient (Wildman–Crippen LogP) is 21.2. The Morgan fingerprint density at radius 1 is 0.293 bits per heavy atom. The number of hydrogen-bond acceptors (Lipinski definition) is 15. The van der Waals surface area contributed by atoms with E-state index in [2.05, 4.69) is 41.5 Å². The van der Waals surface area contributed by atoms with Gasteiger partial charge in [-0.05, 0) is 37.5 Å². The highest BCUT2D eigenvalue weighted by Crippen LogP contribution is 2.45. The summed E-state index contributed by atoms with van der Waals surface area (Å²) in [5.41, 5.74) is 0. The van der Waals surface area contributed by atoms with Gasteiger partial charge in [0, 0.05) is 25.7 Å². The third-order valence-corrected chi connectivity index (χ3v) is 18.9. The fourth-order valence-electron chi connectivity index (χ4n) is 11.1. The molecule has 19 heteroatoms. The van der Waals surface area contributed by atoms with Gasteiger partial charge in [0.05, 0.1) is 26.4 Å². The Hall–Kier alpha value is -1.94. The van der Waals surface area contributed by atoms with Crippen LogP contribution in [0, 0.1) is 11.8 Å². The zero-order valence-electron chi connectivity index (χ0n) is 59.9. The quantitative estimate of drug-likeness (QED) is 0.0222. The SMILES string of the molecule is CCCCCCCCCCCCCCCCCCCCC(=O)O[C@H](COC(=O)CCCCCCCCCCCC(C)C)COP(=O)(O)OC[C@@H](O)COP(=O)(O)OC[C@@H](COC(=O)CCCCCCCCCCCC)OC(=O)CCCCCCCCCCCC(C)C. The lowest BCUT2D eigenvalue weighted by molar-refractivity contribution is -0.161. The number of carbonyl (C=O) groups excluding carboxylic acids is 4. The monoisotopic (exact) mass is 1350 g/mol. The van der Waals surface area contributed by atoms with Crippen molar-refractivity contribution in [3.8, 4) is 0 Å². The number of esters is 4. The number of carbonyl (C=O) groups is 4. The Morgan fingerprint density at radius 2 is 0.500 bits per heavy atom. The van der Waals surface area contributed by atoms with Crippen LogP contribution in [-0.4, -0.2) is 96.7 Å². The average molecular weight is 1350 g/mol. The molecule has 546 valence electrons. The summed E-state index contributed by atoms with van der Waals surface area (Å²) in [6.07, 6.45) is 51.3. The highest BCUT2D eigenvalue weighted by Gasteiger charge is 2.30. The minimum atomic E-state index is -4.95. The molecule has 0 bridgehead atoms. The third kappa shape index (κ3) is 66.7. The van der Waals surface area contributed by atoms with Crippen molar-refractivity contribution in [1.29, 1.82) is 0 Å². The second-order valence-electron chi connectivity index (χ2n) is 27.3. The maximum absolute atomic E-state index is 13.1. The minimum Gasteiger partial charge on any atom is -0.462 e. The summed E-state index contributed by atoms with van der Waals surface area (Å²) in [6, 6.07) is 0. The first kappa shape index (κ1) is 90.1. The topological polar surface area (TPSA) is 237 Å². The third-order valence-electron chi connectivity index (χ3n) is 17.0. The molecule has 0 fully saturated rings. The van der Waals surface area contributed by atoms with Crippen LogP contribution in [0.25, 0.3) is 0 Å². The number of aliphatic hydroxyl groups is 1. The zero-order valence-corrected chi connectivity index (χ0v) is 61.6. The first-order chi connectivity index (χ1) is 44.4. The molecule has 0 aromatic rings. The molecular formula is C73H142O17P2. The van der Waals surface area contributed by atoms with Gasteiger partial charge in [-0.3, -0.25) is 37.3 Å². The summed E-state index contributed by atoms with van der Waals surface area (Å²) in [5.74, 6) is -0.640. The summed E-state index contributed by atoms with van der Waals surface area (Å²) in [4.78, 5) is 72.6. The molecule has 92 heavy (non-hydrogen) atoms. The molecule has 0 aliphatic rings. The maximum atomic E-state index is 13.1. The van der Waals surface area contributed by atoms with Crippen LogP contribution >= 0.6 is 15.6 Å². The fourth-order valence-corrected chi connectivity index (χ4v) is 12.7. The Balaban J connectivity index is 5.23. The van der Waals surface area contributed by atoms with Crippen molar-refractivity contribution >= 4 is 39.5 Å². The summed E-state index contributed by atoms with van der Waals surface area (Å²) in [7, 11) is -9.90. The average Bonchev–Trinajstić information content (AvgIpc) is 1.54. The summed E-state index contributed by atoms with van der Waals surface area (Å²) in [5, 5.41) is 10.6. The summed E-state index contributed by atoms with van der Waals surface area (Å²) < 4.78 is 68.4. The number of rotatable bonds is 72. The lowest BCUT2D eigenvalue weighted by atomic mass is 10.0. The molecule has 0 aliphatic carbocycles. The molecule has 17 nitrogen and oxygen atoms in total. The highest BCUT2D eigenvalue weighted by atomic mass is 31.2. The van der Waals surface area contributed by atoms with Gasteiger partial charge in [0.15, 0.2) is 12.2 Å². The molecule has 0 aromatic heterocycles. The molecule has 0 saturated heterocycles. The lowest BCUT2D eigenvalue weighted by Crippen LogP contribution is -2.30. The number of phosphoric acid groups is 2. The molecule has 3 N–H and O–H groups in total. The van der Waals surface area contributed by atoms with Crippen LogP contribution in [0.3, 0.4) is 0 Å². The van der Waals surface area contributed by atoms with Gasteiger partial charge >= 0.3 is 39.5 Å². The molecule has 0 spiro atoms. The van der Waals surface area contributed by atoms with Gasteiger partial charge in [0.25, 0.3) is 0 Å². The van der Waals surface area contributed by atoms with Crippen molar-refractivity contribution in [2.24, 2.45) is 11.8 Å². The molecule has 0 aromatic carbocycles. The van der Waals surface area contributed by atoms with Crippen LogP contribution in [0.4, 0.5) is 0 Å². The van der Waals surface area contributed by atoms with E-state index in [1.54, 1.807) is 0 Å². The van der Waals surface area contributed by atoms with E-state index in [0.717, 1.165) is 102 Å². The number of unbranched alkanes of at least 4 members (excludes halogenated alkanes) is 42. The van der Waals surface area contributed by atoms with Crippen molar-refractivity contribution in [2.45, 2.75) is 394 Å². The number of hydrogen-bond donors (Lipinski definition) is 3. The maximum Gasteiger partial charge on any atom is 0.472 e. The van der Waals surface area contributed by atoms with Gasteiger partial charge in [0.2, 0.25) is 0 Å². The van der Waals surface area contributed by atoms with Gasteiger partial charge in [-0.2, -0.15) is 0 Å². The molecule has 0 heterocycles. The molecule has 0 saturated carbocycles. The highest BCUT2D eigenvalue weighted by molar-refractivity contribution is 7.47. The van der Waals surface area contributed by atoms with Crippen LogP contribution in [-0.2, 0) is 65.4 Å². The van der Waals surface area contributed by atoms with E-state index in [0.29, 0.717) is 25.7 Å². The molecule has 0 radical (unpaired) electrons. The van der Waals surface area contributed by atoms with E-state index in [-0.39, 0.29) is 25.7 Å². The zero-order chi connectivity index (χ0) is 67.9. The van der Waals surface area contributed by atoms with E-state index < -0.39 is 97.5 Å². The molecule has 0 amide bonds. The first-order valence-electron chi connectivity index (χ1n) is 38.0. The van der Waals surface area contributed by atoms with Crippen LogP contribution in [0.2, 0.25) is 0 Å². The minimum absolute atomic E-state index is 0.105. The van der Waals surface area contributed by atoms with E-state index in [4.69, 9.17) is 37.0 Å². The van der Waals surface area contributed by atoms with E-state index in [9.17, 15) is 43.2 Å². The number of aliphatic hydroxyl groups excluding tert-OH is 1. The van der Waals surface area contributed by atoms with Gasteiger partial charge in [-0.1, -0.05) is 324 Å². The van der Waals surface area contributed by atoms with Gasteiger partial charge in [-0.25, -0.2) is 9.13 Å². The van der Waals surface area contributed by atoms with Crippen LogP contribution < -0.4 is 0 Å². The van der Waals surface area contributed by atoms with Crippen molar-refractivity contribution in [2.75, 3.05) is 39.6 Å². The van der Waals surface area contributed by atoms with Crippen molar-refractivity contribution in [3.63, 3.8) is 0 Å². The van der Waals surface area contributed by atoms with Crippen LogP contribution in [0.1, 0.15) is 375 Å². The smallest absolute Gasteiger partial charge is 0.462 e. The first-order valence-corrected chi connectivity index (χ1v) is 41.0. The Labute approximate surface area is 562 Å². The van der Waals surface area contributed by atoms with E-state index in [1.807, 2.05) is 0 Å².